The van der Waals surface area contributed by atoms with Gasteiger partial charge in [0.2, 0.25) is 0 Å². The lowest BCUT2D eigenvalue weighted by Gasteiger charge is -2.23. The molecular formula is C74H54Cl2F6O9. The molecule has 0 amide bonds. The Morgan fingerprint density at radius 3 is 1.33 bits per heavy atom. The normalized spacial score (nSPS) is 11.3. The molecule has 460 valence electrons. The molecule has 9 nitrogen and oxygen atoms in total. The van der Waals surface area contributed by atoms with Crippen molar-refractivity contribution in [3.05, 3.63) is 218 Å². The van der Waals surface area contributed by atoms with Crippen LogP contribution in [0.25, 0.3) is 111 Å². The highest BCUT2D eigenvalue weighted by molar-refractivity contribution is 6.37. The second kappa shape index (κ2) is 24.3. The van der Waals surface area contributed by atoms with Crippen LogP contribution in [-0.4, -0.2) is 52.0 Å². The molecule has 0 bridgehead atoms. The standard InChI is InChI=1S/C74H54Cl2F6O9/c1-33-10-9-11-40(34(33)2)52-32-51(61(68(82)69(52)85)39-13-25-54(78)59(84)31-39)42-14-18-49(73(90-7)37(42)5)47-22-28-56(80)71(87)63(47)50-19-15-41(36(4)74(50)91-8)45-20-26-55(79)70(86)62(45)43-16-17-48(66(75)35(43)3)46-21-27-57(81)72(88)64(46)65-60(89-6)29-23-44(67(65)76)38-12-24-53(77)58(83)30-38/h9-32,83-88H,1-8H3. The Labute approximate surface area is 529 Å². The topological polar surface area (TPSA) is 149 Å². The zero-order valence-corrected chi connectivity index (χ0v) is 51.3. The number of hydrogen-bond acceptors (Lipinski definition) is 9. The molecule has 0 radical (unpaired) electrons. The van der Waals surface area contributed by atoms with Gasteiger partial charge in [0.25, 0.3) is 0 Å². The number of ether oxygens (including phenoxy) is 3. The Kier molecular flexibility index (Phi) is 16.7. The molecule has 0 aliphatic rings. The highest BCUT2D eigenvalue weighted by Crippen LogP contribution is 2.56. The molecule has 0 atom stereocenters. The number of halogens is 8. The highest BCUT2D eigenvalue weighted by atomic mass is 35.5. The molecule has 0 aromatic heterocycles. The van der Waals surface area contributed by atoms with Gasteiger partial charge < -0.3 is 44.8 Å². The fourth-order valence-corrected chi connectivity index (χ4v) is 12.8. The predicted molar refractivity (Wildman–Crippen MR) is 344 cm³/mol. The van der Waals surface area contributed by atoms with E-state index in [1.54, 1.807) is 75.4 Å². The summed E-state index contributed by atoms with van der Waals surface area (Å²) in [6.07, 6.45) is 0. The summed E-state index contributed by atoms with van der Waals surface area (Å²) in [5, 5.41) is 67.6. The van der Waals surface area contributed by atoms with E-state index in [0.29, 0.717) is 38.9 Å². The minimum absolute atomic E-state index is 0.0189. The second-order valence-electron chi connectivity index (χ2n) is 21.8. The third-order valence-electron chi connectivity index (χ3n) is 16.9. The molecule has 11 aromatic carbocycles. The average molecular weight is 1270 g/mol. The van der Waals surface area contributed by atoms with Gasteiger partial charge in [-0.3, -0.25) is 0 Å². The third-order valence-corrected chi connectivity index (χ3v) is 17.8. The third kappa shape index (κ3) is 10.5. The van der Waals surface area contributed by atoms with E-state index >= 15 is 17.6 Å². The maximum Gasteiger partial charge on any atom is 0.173 e. The van der Waals surface area contributed by atoms with E-state index in [0.717, 1.165) is 53.6 Å². The molecule has 0 aliphatic heterocycles. The van der Waals surface area contributed by atoms with Crippen molar-refractivity contribution in [3.8, 4) is 163 Å². The van der Waals surface area contributed by atoms with Gasteiger partial charge in [-0.2, -0.15) is 0 Å². The van der Waals surface area contributed by atoms with Gasteiger partial charge in [0.15, 0.2) is 69.4 Å². The maximum atomic E-state index is 17.1. The Balaban J connectivity index is 1.05. The lowest BCUT2D eigenvalue weighted by atomic mass is 9.84. The van der Waals surface area contributed by atoms with Gasteiger partial charge in [0, 0.05) is 55.6 Å². The van der Waals surface area contributed by atoms with Crippen molar-refractivity contribution in [2.24, 2.45) is 0 Å². The van der Waals surface area contributed by atoms with Gasteiger partial charge in [-0.25, -0.2) is 26.3 Å². The number of phenolic OH excluding ortho intramolecular Hbond substituents is 6. The molecule has 6 N–H and O–H groups in total. The lowest BCUT2D eigenvalue weighted by molar-refractivity contribution is 0.411. The van der Waals surface area contributed by atoms with Crippen LogP contribution in [0.3, 0.4) is 0 Å². The van der Waals surface area contributed by atoms with Crippen LogP contribution in [0.4, 0.5) is 26.3 Å². The van der Waals surface area contributed by atoms with E-state index < -0.39 is 69.4 Å². The predicted octanol–water partition coefficient (Wildman–Crippen LogP) is 20.3. The van der Waals surface area contributed by atoms with E-state index in [9.17, 15) is 39.4 Å². The van der Waals surface area contributed by atoms with Gasteiger partial charge in [0.05, 0.1) is 31.4 Å². The average Bonchev–Trinajstić information content (AvgIpc) is 0.859. The molecule has 11 aromatic rings. The first-order valence-corrected chi connectivity index (χ1v) is 28.9. The summed E-state index contributed by atoms with van der Waals surface area (Å²) in [6.45, 7) is 8.72. The zero-order valence-electron chi connectivity index (χ0n) is 49.8. The van der Waals surface area contributed by atoms with Crippen molar-refractivity contribution >= 4 is 23.2 Å². The van der Waals surface area contributed by atoms with Gasteiger partial charge >= 0.3 is 0 Å². The quantitative estimate of drug-likeness (QED) is 0.0621. The number of hydrogen-bond donors (Lipinski definition) is 6. The minimum Gasteiger partial charge on any atom is -0.505 e. The second-order valence-corrected chi connectivity index (χ2v) is 22.5. The number of benzene rings is 11. The Hall–Kier alpha value is -10.2. The van der Waals surface area contributed by atoms with Gasteiger partial charge in [-0.15, -0.1) is 0 Å². The minimum atomic E-state index is -1.04. The van der Waals surface area contributed by atoms with Crippen molar-refractivity contribution < 1.29 is 71.2 Å². The molecular weight excluding hydrogens is 1220 g/mol. The Bertz CT molecular complexity index is 4860. The summed E-state index contributed by atoms with van der Waals surface area (Å²) in [6, 6.07) is 34.0. The summed E-state index contributed by atoms with van der Waals surface area (Å²) < 4.78 is 111. The highest BCUT2D eigenvalue weighted by Gasteiger charge is 2.31. The molecule has 0 spiro atoms. The fourth-order valence-electron chi connectivity index (χ4n) is 12.2. The zero-order chi connectivity index (χ0) is 65.3. The van der Waals surface area contributed by atoms with Crippen LogP contribution >= 0.6 is 23.2 Å². The summed E-state index contributed by atoms with van der Waals surface area (Å²) >= 11 is 14.4. The first-order chi connectivity index (χ1) is 43.4. The lowest BCUT2D eigenvalue weighted by Crippen LogP contribution is -2.01. The fraction of sp³-hybridized carbons (Fsp3) is 0.108. The summed E-state index contributed by atoms with van der Waals surface area (Å²) in [5.74, 6) is -9.90. The van der Waals surface area contributed by atoms with Crippen LogP contribution in [-0.2, 0) is 0 Å². The van der Waals surface area contributed by atoms with Crippen LogP contribution in [0.1, 0.15) is 27.8 Å². The molecule has 0 fully saturated rings. The van der Waals surface area contributed by atoms with Crippen molar-refractivity contribution in [1.82, 2.24) is 0 Å². The molecule has 11 rings (SSSR count). The van der Waals surface area contributed by atoms with Gasteiger partial charge in [0.1, 0.15) is 17.2 Å². The number of methoxy groups -OCH3 is 3. The van der Waals surface area contributed by atoms with Crippen LogP contribution in [0.15, 0.2) is 146 Å². The van der Waals surface area contributed by atoms with Crippen LogP contribution in [0.5, 0.6) is 51.7 Å². The number of aryl methyl sites for hydroxylation is 1. The summed E-state index contributed by atoms with van der Waals surface area (Å²) in [5.41, 5.74) is 6.35. The smallest absolute Gasteiger partial charge is 0.173 e. The summed E-state index contributed by atoms with van der Waals surface area (Å²) in [4.78, 5) is 0. The van der Waals surface area contributed by atoms with E-state index in [2.05, 4.69) is 0 Å². The molecule has 0 saturated carbocycles. The molecule has 17 heteroatoms. The molecule has 0 saturated heterocycles. The van der Waals surface area contributed by atoms with Crippen molar-refractivity contribution in [1.29, 1.82) is 0 Å². The van der Waals surface area contributed by atoms with E-state index in [-0.39, 0.29) is 116 Å². The molecule has 91 heavy (non-hydrogen) atoms. The first kappa shape index (κ1) is 62.4. The number of rotatable bonds is 13. The van der Waals surface area contributed by atoms with Crippen LogP contribution < -0.4 is 14.2 Å². The monoisotopic (exact) mass is 1270 g/mol. The van der Waals surface area contributed by atoms with E-state index in [1.165, 1.54) is 63.8 Å². The largest absolute Gasteiger partial charge is 0.505 e. The summed E-state index contributed by atoms with van der Waals surface area (Å²) in [7, 11) is 4.11. The van der Waals surface area contributed by atoms with Crippen LogP contribution in [0, 0.1) is 69.5 Å². The molecule has 0 aliphatic carbocycles. The number of phenols is 6. The SMILES string of the molecule is COc1ccc(-c2ccc(F)c(O)c2)c(Cl)c1-c1c(-c2ccc(-c3c(-c4ccc(-c5c(-c6ccc(-c7cc(-c8cccc(C)c8C)c(O)c(F)c7-c7ccc(F)c(O)c7)c(C)c6OC)ccc(F)c5O)c(OC)c4C)ccc(F)c3O)c(C)c2Cl)ccc(F)c1O. The van der Waals surface area contributed by atoms with Crippen molar-refractivity contribution in [3.63, 3.8) is 0 Å². The van der Waals surface area contributed by atoms with E-state index in [4.69, 9.17) is 37.4 Å². The van der Waals surface area contributed by atoms with E-state index in [1.807, 2.05) is 19.9 Å². The molecule has 0 heterocycles. The van der Waals surface area contributed by atoms with Crippen LogP contribution in [0.2, 0.25) is 10.0 Å². The van der Waals surface area contributed by atoms with Gasteiger partial charge in [-0.05, 0) is 191 Å². The van der Waals surface area contributed by atoms with Crippen molar-refractivity contribution in [2.75, 3.05) is 21.3 Å². The first-order valence-electron chi connectivity index (χ1n) is 28.1. The maximum absolute atomic E-state index is 17.1. The van der Waals surface area contributed by atoms with Gasteiger partial charge in [-0.1, -0.05) is 96.0 Å². The molecule has 0 unspecified atom stereocenters. The Morgan fingerprint density at radius 2 is 0.747 bits per heavy atom. The Morgan fingerprint density at radius 1 is 0.308 bits per heavy atom. The van der Waals surface area contributed by atoms with Crippen molar-refractivity contribution in [2.45, 2.75) is 34.6 Å². The number of aromatic hydroxyl groups is 6.